The minimum atomic E-state index is -0.134. The zero-order chi connectivity index (χ0) is 12.0. The van der Waals surface area contributed by atoms with Gasteiger partial charge in [-0.2, -0.15) is 0 Å². The molecule has 88 valence electrons. The second-order valence-electron chi connectivity index (χ2n) is 4.15. The van der Waals surface area contributed by atoms with Gasteiger partial charge in [0.1, 0.15) is 0 Å². The van der Waals surface area contributed by atoms with Gasteiger partial charge < -0.3 is 10.6 Å². The summed E-state index contributed by atoms with van der Waals surface area (Å²) in [5, 5.41) is 5.70. The molecule has 0 aliphatic heterocycles. The third kappa shape index (κ3) is 4.34. The Labute approximate surface area is 97.2 Å². The van der Waals surface area contributed by atoms with Crippen molar-refractivity contribution in [1.29, 1.82) is 0 Å². The average Bonchev–Trinajstić information content (AvgIpc) is 2.21. The first-order chi connectivity index (χ1) is 7.61. The number of carbonyl (C=O) groups is 1. The second kappa shape index (κ2) is 6.16. The number of nitrogens with one attached hydrogen (secondary N) is 2. The van der Waals surface area contributed by atoms with Crippen LogP contribution < -0.4 is 10.6 Å². The standard InChI is InChI=1S/C13H20N2O/c1-4-5-11(3)14-13(16)15-12-8-6-10(2)7-9-12/h6-9,11H,4-5H2,1-3H3,(H2,14,15,16). The molecule has 0 heterocycles. The lowest BCUT2D eigenvalue weighted by molar-refractivity contribution is 0.248. The summed E-state index contributed by atoms with van der Waals surface area (Å²) >= 11 is 0. The smallest absolute Gasteiger partial charge is 0.319 e. The molecule has 0 saturated carbocycles. The second-order valence-corrected chi connectivity index (χ2v) is 4.15. The molecule has 0 saturated heterocycles. The van der Waals surface area contributed by atoms with Gasteiger partial charge in [0.05, 0.1) is 0 Å². The van der Waals surface area contributed by atoms with E-state index < -0.39 is 0 Å². The molecule has 16 heavy (non-hydrogen) atoms. The van der Waals surface area contributed by atoms with E-state index in [9.17, 15) is 4.79 Å². The van der Waals surface area contributed by atoms with E-state index in [1.807, 2.05) is 38.1 Å². The molecule has 0 aromatic heterocycles. The minimum Gasteiger partial charge on any atom is -0.335 e. The highest BCUT2D eigenvalue weighted by Crippen LogP contribution is 2.08. The first-order valence-electron chi connectivity index (χ1n) is 5.76. The molecule has 3 nitrogen and oxygen atoms in total. The fourth-order valence-corrected chi connectivity index (χ4v) is 1.53. The summed E-state index contributed by atoms with van der Waals surface area (Å²) in [4.78, 5) is 11.6. The van der Waals surface area contributed by atoms with Gasteiger partial charge in [0.2, 0.25) is 0 Å². The molecule has 2 N–H and O–H groups in total. The van der Waals surface area contributed by atoms with Crippen molar-refractivity contribution < 1.29 is 4.79 Å². The van der Waals surface area contributed by atoms with Crippen molar-refractivity contribution in [3.63, 3.8) is 0 Å². The predicted octanol–water partition coefficient (Wildman–Crippen LogP) is 3.31. The van der Waals surface area contributed by atoms with Crippen molar-refractivity contribution in [3.8, 4) is 0 Å². The molecular formula is C13H20N2O. The number of rotatable bonds is 4. The quantitative estimate of drug-likeness (QED) is 0.803. The highest BCUT2D eigenvalue weighted by Gasteiger charge is 2.05. The Morgan fingerprint density at radius 3 is 2.50 bits per heavy atom. The van der Waals surface area contributed by atoms with Gasteiger partial charge in [0.25, 0.3) is 0 Å². The van der Waals surface area contributed by atoms with Gasteiger partial charge in [-0.3, -0.25) is 0 Å². The normalized spacial score (nSPS) is 11.9. The van der Waals surface area contributed by atoms with Crippen LogP contribution in [-0.4, -0.2) is 12.1 Å². The largest absolute Gasteiger partial charge is 0.335 e. The van der Waals surface area contributed by atoms with E-state index in [-0.39, 0.29) is 12.1 Å². The van der Waals surface area contributed by atoms with Crippen molar-refractivity contribution in [2.75, 3.05) is 5.32 Å². The SMILES string of the molecule is CCCC(C)NC(=O)Nc1ccc(C)cc1. The molecule has 0 spiro atoms. The monoisotopic (exact) mass is 220 g/mol. The summed E-state index contributed by atoms with van der Waals surface area (Å²) in [6.45, 7) is 6.14. The highest BCUT2D eigenvalue weighted by atomic mass is 16.2. The Kier molecular flexibility index (Phi) is 4.83. The van der Waals surface area contributed by atoms with Crippen molar-refractivity contribution >= 4 is 11.7 Å². The average molecular weight is 220 g/mol. The molecule has 1 aromatic rings. The molecule has 3 heteroatoms. The minimum absolute atomic E-state index is 0.134. The van der Waals surface area contributed by atoms with E-state index in [2.05, 4.69) is 17.6 Å². The summed E-state index contributed by atoms with van der Waals surface area (Å²) < 4.78 is 0. The lowest BCUT2D eigenvalue weighted by Gasteiger charge is -2.13. The highest BCUT2D eigenvalue weighted by molar-refractivity contribution is 5.89. The topological polar surface area (TPSA) is 41.1 Å². The van der Waals surface area contributed by atoms with E-state index in [4.69, 9.17) is 0 Å². The maximum Gasteiger partial charge on any atom is 0.319 e. The number of anilines is 1. The van der Waals surface area contributed by atoms with Crippen molar-refractivity contribution in [2.24, 2.45) is 0 Å². The van der Waals surface area contributed by atoms with E-state index >= 15 is 0 Å². The third-order valence-electron chi connectivity index (χ3n) is 2.41. The van der Waals surface area contributed by atoms with Crippen molar-refractivity contribution in [3.05, 3.63) is 29.8 Å². The fraction of sp³-hybridized carbons (Fsp3) is 0.462. The van der Waals surface area contributed by atoms with Crippen LogP contribution in [-0.2, 0) is 0 Å². The summed E-state index contributed by atoms with van der Waals surface area (Å²) in [7, 11) is 0. The Morgan fingerprint density at radius 1 is 1.31 bits per heavy atom. The zero-order valence-electron chi connectivity index (χ0n) is 10.2. The Morgan fingerprint density at radius 2 is 1.94 bits per heavy atom. The van der Waals surface area contributed by atoms with Gasteiger partial charge in [0.15, 0.2) is 0 Å². The predicted molar refractivity (Wildman–Crippen MR) is 67.7 cm³/mol. The molecule has 1 rings (SSSR count). The van der Waals surface area contributed by atoms with Gasteiger partial charge >= 0.3 is 6.03 Å². The summed E-state index contributed by atoms with van der Waals surface area (Å²) in [5.41, 5.74) is 2.01. The first kappa shape index (κ1) is 12.6. The number of aryl methyl sites for hydroxylation is 1. The van der Waals surface area contributed by atoms with Gasteiger partial charge in [-0.15, -0.1) is 0 Å². The number of urea groups is 1. The molecular weight excluding hydrogens is 200 g/mol. The third-order valence-corrected chi connectivity index (χ3v) is 2.41. The Bertz CT molecular complexity index is 332. The van der Waals surface area contributed by atoms with Crippen molar-refractivity contribution in [2.45, 2.75) is 39.7 Å². The maximum atomic E-state index is 11.6. The lowest BCUT2D eigenvalue weighted by atomic mass is 10.2. The van der Waals surface area contributed by atoms with E-state index in [1.165, 1.54) is 5.56 Å². The van der Waals surface area contributed by atoms with Crippen LogP contribution in [0.25, 0.3) is 0 Å². The van der Waals surface area contributed by atoms with Gasteiger partial charge in [-0.25, -0.2) is 4.79 Å². The number of benzene rings is 1. The van der Waals surface area contributed by atoms with Crippen LogP contribution in [0.2, 0.25) is 0 Å². The van der Waals surface area contributed by atoms with Gasteiger partial charge in [0, 0.05) is 11.7 Å². The van der Waals surface area contributed by atoms with Crippen LogP contribution in [0.1, 0.15) is 32.3 Å². The van der Waals surface area contributed by atoms with Crippen molar-refractivity contribution in [1.82, 2.24) is 5.32 Å². The molecule has 2 amide bonds. The molecule has 0 fully saturated rings. The Hall–Kier alpha value is -1.51. The molecule has 1 aromatic carbocycles. The van der Waals surface area contributed by atoms with E-state index in [0.29, 0.717) is 0 Å². The van der Waals surface area contributed by atoms with Gasteiger partial charge in [-0.1, -0.05) is 31.0 Å². The first-order valence-corrected chi connectivity index (χ1v) is 5.76. The van der Waals surface area contributed by atoms with Crippen LogP contribution in [0.3, 0.4) is 0 Å². The van der Waals surface area contributed by atoms with Crippen LogP contribution in [0, 0.1) is 6.92 Å². The number of carbonyl (C=O) groups excluding carboxylic acids is 1. The summed E-state index contributed by atoms with van der Waals surface area (Å²) in [6.07, 6.45) is 2.08. The molecule has 0 bridgehead atoms. The van der Waals surface area contributed by atoms with E-state index in [0.717, 1.165) is 18.5 Å². The lowest BCUT2D eigenvalue weighted by Crippen LogP contribution is -2.35. The summed E-state index contributed by atoms with van der Waals surface area (Å²) in [5.74, 6) is 0. The maximum absolute atomic E-state index is 11.6. The molecule has 0 radical (unpaired) electrons. The van der Waals surface area contributed by atoms with Gasteiger partial charge in [-0.05, 0) is 32.4 Å². The van der Waals surface area contributed by atoms with Crippen LogP contribution >= 0.6 is 0 Å². The number of amides is 2. The molecule has 1 atom stereocenters. The summed E-state index contributed by atoms with van der Waals surface area (Å²) in [6, 6.07) is 7.84. The Balaban J connectivity index is 2.42. The van der Waals surface area contributed by atoms with Crippen LogP contribution in [0.5, 0.6) is 0 Å². The number of hydrogen-bond donors (Lipinski definition) is 2. The zero-order valence-corrected chi connectivity index (χ0v) is 10.2. The number of hydrogen-bond acceptors (Lipinski definition) is 1. The molecule has 0 aliphatic rings. The molecule has 1 unspecified atom stereocenters. The molecule has 0 aliphatic carbocycles. The van der Waals surface area contributed by atoms with E-state index in [1.54, 1.807) is 0 Å². The van der Waals surface area contributed by atoms with Crippen LogP contribution in [0.15, 0.2) is 24.3 Å². The van der Waals surface area contributed by atoms with Crippen LogP contribution in [0.4, 0.5) is 10.5 Å². The fourth-order valence-electron chi connectivity index (χ4n) is 1.53.